The van der Waals surface area contributed by atoms with Gasteiger partial charge in [0.05, 0.1) is 18.8 Å². The van der Waals surface area contributed by atoms with Crippen molar-refractivity contribution in [3.8, 4) is 5.75 Å². The third-order valence-electron chi connectivity index (χ3n) is 4.25. The van der Waals surface area contributed by atoms with Crippen LogP contribution in [0.3, 0.4) is 0 Å². The lowest BCUT2D eigenvalue weighted by Crippen LogP contribution is -2.12. The molecule has 110 valence electrons. The molecule has 2 nitrogen and oxygen atoms in total. The molecule has 0 bridgehead atoms. The van der Waals surface area contributed by atoms with Gasteiger partial charge in [0, 0.05) is 0 Å². The first-order valence-electron chi connectivity index (χ1n) is 7.52. The summed E-state index contributed by atoms with van der Waals surface area (Å²) in [6, 6.07) is 15.6. The van der Waals surface area contributed by atoms with Crippen LogP contribution in [0.4, 0.5) is 5.69 Å². The topological polar surface area (TPSA) is 21.3 Å². The van der Waals surface area contributed by atoms with Gasteiger partial charge in [-0.25, -0.2) is 0 Å². The highest BCUT2D eigenvalue weighted by Crippen LogP contribution is 2.40. The minimum Gasteiger partial charge on any atom is -0.495 e. The molecule has 0 aromatic heterocycles. The van der Waals surface area contributed by atoms with Crippen molar-refractivity contribution in [1.29, 1.82) is 0 Å². The van der Waals surface area contributed by atoms with Crippen LogP contribution in [-0.2, 0) is 11.8 Å². The summed E-state index contributed by atoms with van der Waals surface area (Å²) in [6.07, 6.45) is 1.02. The Morgan fingerprint density at radius 1 is 1.05 bits per heavy atom. The number of fused-ring (bicyclic) bond motifs is 1. The summed E-state index contributed by atoms with van der Waals surface area (Å²) >= 11 is 0. The van der Waals surface area contributed by atoms with Crippen LogP contribution in [0.5, 0.6) is 5.75 Å². The second-order valence-electron chi connectivity index (χ2n) is 6.77. The Morgan fingerprint density at radius 2 is 1.76 bits per heavy atom. The molecule has 0 aliphatic carbocycles. The number of rotatable bonds is 2. The first-order chi connectivity index (χ1) is 9.99. The predicted octanol–water partition coefficient (Wildman–Crippen LogP) is 4.70. The van der Waals surface area contributed by atoms with Gasteiger partial charge in [0.1, 0.15) is 5.75 Å². The Morgan fingerprint density at radius 3 is 2.38 bits per heavy atom. The molecule has 0 spiro atoms. The fraction of sp³-hybridized carbons (Fsp3) is 0.368. The molecule has 1 atom stereocenters. The van der Waals surface area contributed by atoms with E-state index in [1.807, 2.05) is 6.07 Å². The van der Waals surface area contributed by atoms with Crippen LogP contribution in [0.1, 0.15) is 43.5 Å². The molecule has 0 saturated carbocycles. The molecule has 21 heavy (non-hydrogen) atoms. The third-order valence-corrected chi connectivity index (χ3v) is 4.25. The van der Waals surface area contributed by atoms with E-state index in [4.69, 9.17) is 4.74 Å². The molecule has 0 radical (unpaired) electrons. The molecule has 1 N–H and O–H groups in total. The number of methoxy groups -OCH3 is 1. The van der Waals surface area contributed by atoms with Gasteiger partial charge in [0.2, 0.25) is 0 Å². The zero-order chi connectivity index (χ0) is 15.0. The van der Waals surface area contributed by atoms with Crippen molar-refractivity contribution < 1.29 is 4.74 Å². The number of hydrogen-bond donors (Lipinski definition) is 1. The lowest BCUT2D eigenvalue weighted by atomic mass is 9.86. The van der Waals surface area contributed by atoms with Crippen molar-refractivity contribution >= 4 is 5.69 Å². The Labute approximate surface area is 127 Å². The maximum absolute atomic E-state index is 5.44. The van der Waals surface area contributed by atoms with Gasteiger partial charge in [-0.2, -0.15) is 0 Å². The second-order valence-corrected chi connectivity index (χ2v) is 6.77. The molecule has 0 fully saturated rings. The van der Waals surface area contributed by atoms with E-state index in [1.54, 1.807) is 7.11 Å². The van der Waals surface area contributed by atoms with Gasteiger partial charge >= 0.3 is 0 Å². The zero-order valence-electron chi connectivity index (χ0n) is 13.2. The molecule has 2 aromatic carbocycles. The summed E-state index contributed by atoms with van der Waals surface area (Å²) < 4.78 is 5.44. The summed E-state index contributed by atoms with van der Waals surface area (Å²) in [5, 5.41) is 3.60. The molecule has 2 aromatic rings. The Kier molecular flexibility index (Phi) is 3.40. The monoisotopic (exact) mass is 281 g/mol. The lowest BCUT2D eigenvalue weighted by molar-refractivity contribution is 0.416. The highest BCUT2D eigenvalue weighted by molar-refractivity contribution is 5.67. The minimum absolute atomic E-state index is 0.202. The normalized spacial score (nSPS) is 17.2. The average Bonchev–Trinajstić information content (AvgIpc) is 2.90. The molecule has 1 unspecified atom stereocenters. The van der Waals surface area contributed by atoms with E-state index in [2.05, 4.69) is 62.5 Å². The number of benzene rings is 2. The maximum Gasteiger partial charge on any atom is 0.142 e. The van der Waals surface area contributed by atoms with Crippen molar-refractivity contribution in [3.05, 3.63) is 59.2 Å². The second kappa shape index (κ2) is 5.10. The zero-order valence-corrected chi connectivity index (χ0v) is 13.2. The first-order valence-corrected chi connectivity index (χ1v) is 7.52. The molecule has 1 aliphatic heterocycles. The third kappa shape index (κ3) is 2.63. The Hall–Kier alpha value is -1.96. The number of para-hydroxylation sites is 1. The van der Waals surface area contributed by atoms with Crippen molar-refractivity contribution in [3.63, 3.8) is 0 Å². The van der Waals surface area contributed by atoms with Crippen LogP contribution in [0.2, 0.25) is 0 Å². The highest BCUT2D eigenvalue weighted by Gasteiger charge is 2.25. The molecular weight excluding hydrogens is 258 g/mol. The minimum atomic E-state index is 0.202. The van der Waals surface area contributed by atoms with E-state index in [-0.39, 0.29) is 5.41 Å². The highest BCUT2D eigenvalue weighted by atomic mass is 16.5. The summed E-state index contributed by atoms with van der Waals surface area (Å²) in [6.45, 7) is 6.74. The Bertz CT molecular complexity index is 638. The van der Waals surface area contributed by atoms with Crippen molar-refractivity contribution in [2.75, 3.05) is 12.4 Å². The van der Waals surface area contributed by atoms with Crippen LogP contribution in [-0.4, -0.2) is 7.11 Å². The molecule has 3 rings (SSSR count). The van der Waals surface area contributed by atoms with Crippen LogP contribution < -0.4 is 10.1 Å². The van der Waals surface area contributed by atoms with Gasteiger partial charge in [0.15, 0.2) is 0 Å². The lowest BCUT2D eigenvalue weighted by Gasteiger charge is -2.20. The molecule has 1 heterocycles. The smallest absolute Gasteiger partial charge is 0.142 e. The molecule has 1 aliphatic rings. The van der Waals surface area contributed by atoms with Crippen molar-refractivity contribution in [1.82, 2.24) is 0 Å². The van der Waals surface area contributed by atoms with E-state index >= 15 is 0 Å². The van der Waals surface area contributed by atoms with Crippen molar-refractivity contribution in [2.45, 2.75) is 38.6 Å². The summed E-state index contributed by atoms with van der Waals surface area (Å²) in [7, 11) is 1.72. The fourth-order valence-corrected chi connectivity index (χ4v) is 2.94. The van der Waals surface area contributed by atoms with Gasteiger partial charge in [-0.15, -0.1) is 0 Å². The van der Waals surface area contributed by atoms with E-state index in [0.717, 1.165) is 17.9 Å². The SMILES string of the molecule is COc1cccc2c1NC(c1ccc(C(C)(C)C)cc1)C2. The van der Waals surface area contributed by atoms with E-state index in [9.17, 15) is 0 Å². The standard InChI is InChI=1S/C19H23NO/c1-19(2,3)15-10-8-13(9-11-15)16-12-14-6-5-7-17(21-4)18(14)20-16/h5-11,16,20H,12H2,1-4H3. The number of ether oxygens (including phenoxy) is 1. The summed E-state index contributed by atoms with van der Waals surface area (Å²) in [4.78, 5) is 0. The summed E-state index contributed by atoms with van der Waals surface area (Å²) in [5.74, 6) is 0.932. The van der Waals surface area contributed by atoms with E-state index in [1.165, 1.54) is 16.7 Å². The summed E-state index contributed by atoms with van der Waals surface area (Å²) in [5.41, 5.74) is 5.39. The van der Waals surface area contributed by atoms with Crippen LogP contribution >= 0.6 is 0 Å². The largest absolute Gasteiger partial charge is 0.495 e. The fourth-order valence-electron chi connectivity index (χ4n) is 2.94. The van der Waals surface area contributed by atoms with Gasteiger partial charge in [-0.05, 0) is 34.6 Å². The average molecular weight is 281 g/mol. The Balaban J connectivity index is 1.84. The van der Waals surface area contributed by atoms with Gasteiger partial charge in [-0.1, -0.05) is 57.2 Å². The van der Waals surface area contributed by atoms with Crippen LogP contribution in [0, 0.1) is 0 Å². The van der Waals surface area contributed by atoms with Crippen LogP contribution in [0.15, 0.2) is 42.5 Å². The number of hydrogen-bond acceptors (Lipinski definition) is 2. The van der Waals surface area contributed by atoms with Crippen LogP contribution in [0.25, 0.3) is 0 Å². The number of nitrogens with one attached hydrogen (secondary N) is 1. The quantitative estimate of drug-likeness (QED) is 0.861. The van der Waals surface area contributed by atoms with Crippen molar-refractivity contribution in [2.24, 2.45) is 0 Å². The first kappa shape index (κ1) is 14.0. The van der Waals surface area contributed by atoms with Gasteiger partial charge in [-0.3, -0.25) is 0 Å². The van der Waals surface area contributed by atoms with Gasteiger partial charge < -0.3 is 10.1 Å². The molecule has 0 saturated heterocycles. The predicted molar refractivity (Wildman–Crippen MR) is 88.2 cm³/mol. The molecule has 2 heteroatoms. The van der Waals surface area contributed by atoms with E-state index in [0.29, 0.717) is 6.04 Å². The molecular formula is C19H23NO. The van der Waals surface area contributed by atoms with E-state index < -0.39 is 0 Å². The molecule has 0 amide bonds. The van der Waals surface area contributed by atoms with Gasteiger partial charge in [0.25, 0.3) is 0 Å². The number of anilines is 1. The maximum atomic E-state index is 5.44.